The fourth-order valence-electron chi connectivity index (χ4n) is 0.492. The van der Waals surface area contributed by atoms with E-state index in [1.165, 1.54) is 6.92 Å². The first-order valence-corrected chi connectivity index (χ1v) is 4.19. The molecule has 0 aliphatic carbocycles. The SMILES string of the molecule is CCOC(=O)C(Cl)(CCl)C(F)(F)F. The number of hydrogen-bond donors (Lipinski definition) is 0. The molecule has 13 heavy (non-hydrogen) atoms. The summed E-state index contributed by atoms with van der Waals surface area (Å²) in [5.74, 6) is -2.64. The zero-order chi connectivity index (χ0) is 10.7. The van der Waals surface area contributed by atoms with Crippen molar-refractivity contribution in [3.8, 4) is 0 Å². The largest absolute Gasteiger partial charge is 0.464 e. The van der Waals surface area contributed by atoms with Crippen LogP contribution in [0.25, 0.3) is 0 Å². The Labute approximate surface area is 82.9 Å². The molecule has 0 rings (SSSR count). The van der Waals surface area contributed by atoms with Crippen molar-refractivity contribution in [1.82, 2.24) is 0 Å². The van der Waals surface area contributed by atoms with Crippen LogP contribution >= 0.6 is 23.2 Å². The number of halogens is 5. The number of ether oxygens (including phenoxy) is 1. The quantitative estimate of drug-likeness (QED) is 0.558. The van der Waals surface area contributed by atoms with Gasteiger partial charge in [0.25, 0.3) is 0 Å². The molecular weight excluding hydrogens is 232 g/mol. The van der Waals surface area contributed by atoms with Crippen molar-refractivity contribution >= 4 is 29.2 Å². The highest BCUT2D eigenvalue weighted by atomic mass is 35.5. The molecule has 0 amide bonds. The fraction of sp³-hybridized carbons (Fsp3) is 0.833. The lowest BCUT2D eigenvalue weighted by Crippen LogP contribution is -2.49. The molecule has 0 spiro atoms. The van der Waals surface area contributed by atoms with Gasteiger partial charge in [0.1, 0.15) is 0 Å². The summed E-state index contributed by atoms with van der Waals surface area (Å²) in [5, 5.41) is 0. The van der Waals surface area contributed by atoms with Gasteiger partial charge in [0.15, 0.2) is 0 Å². The van der Waals surface area contributed by atoms with Gasteiger partial charge >= 0.3 is 12.1 Å². The summed E-state index contributed by atoms with van der Waals surface area (Å²) >= 11 is 9.97. The third-order valence-corrected chi connectivity index (χ3v) is 2.27. The normalized spacial score (nSPS) is 16.5. The second-order valence-electron chi connectivity index (χ2n) is 2.15. The van der Waals surface area contributed by atoms with Crippen molar-refractivity contribution in [3.63, 3.8) is 0 Å². The molecule has 78 valence electrons. The van der Waals surface area contributed by atoms with Gasteiger partial charge in [0.2, 0.25) is 4.87 Å². The van der Waals surface area contributed by atoms with Gasteiger partial charge in [-0.3, -0.25) is 0 Å². The molecule has 2 nitrogen and oxygen atoms in total. The molecule has 0 saturated carbocycles. The molecule has 0 aromatic heterocycles. The lowest BCUT2D eigenvalue weighted by molar-refractivity contribution is -0.185. The van der Waals surface area contributed by atoms with E-state index >= 15 is 0 Å². The Morgan fingerprint density at radius 3 is 2.15 bits per heavy atom. The number of carbonyl (C=O) groups is 1. The first-order chi connectivity index (χ1) is 5.79. The van der Waals surface area contributed by atoms with Crippen LogP contribution in [0.2, 0.25) is 0 Å². The van der Waals surface area contributed by atoms with Crippen LogP contribution in [-0.2, 0) is 9.53 Å². The molecular formula is C6H7Cl2F3O2. The average molecular weight is 239 g/mol. The predicted molar refractivity (Wildman–Crippen MR) is 42.0 cm³/mol. The van der Waals surface area contributed by atoms with Crippen LogP contribution in [-0.4, -0.2) is 29.5 Å². The van der Waals surface area contributed by atoms with Crippen LogP contribution in [0.3, 0.4) is 0 Å². The van der Waals surface area contributed by atoms with Gasteiger partial charge in [0.05, 0.1) is 12.5 Å². The first kappa shape index (κ1) is 12.8. The number of carbonyl (C=O) groups excluding carboxylic acids is 1. The van der Waals surface area contributed by atoms with Crippen LogP contribution in [0.15, 0.2) is 0 Å². The molecule has 0 saturated heterocycles. The van der Waals surface area contributed by atoms with Gasteiger partial charge < -0.3 is 4.74 Å². The lowest BCUT2D eigenvalue weighted by atomic mass is 10.1. The summed E-state index contributed by atoms with van der Waals surface area (Å²) in [5.41, 5.74) is 0. The Hall–Kier alpha value is -0.160. The Kier molecular flexibility index (Phi) is 4.32. The van der Waals surface area contributed by atoms with Gasteiger partial charge in [-0.2, -0.15) is 13.2 Å². The van der Waals surface area contributed by atoms with E-state index in [0.717, 1.165) is 0 Å². The molecule has 0 fully saturated rings. The van der Waals surface area contributed by atoms with Crippen molar-refractivity contribution < 1.29 is 22.7 Å². The summed E-state index contributed by atoms with van der Waals surface area (Å²) in [7, 11) is 0. The molecule has 7 heteroatoms. The summed E-state index contributed by atoms with van der Waals surface area (Å²) in [4.78, 5) is 7.65. The van der Waals surface area contributed by atoms with Crippen LogP contribution in [0.1, 0.15) is 6.92 Å². The number of rotatable bonds is 3. The summed E-state index contributed by atoms with van der Waals surface area (Å²) in [6.07, 6.45) is -4.91. The third-order valence-electron chi connectivity index (χ3n) is 1.23. The smallest absolute Gasteiger partial charge is 0.419 e. The maximum Gasteiger partial charge on any atom is 0.419 e. The Morgan fingerprint density at radius 2 is 1.92 bits per heavy atom. The van der Waals surface area contributed by atoms with E-state index in [2.05, 4.69) is 4.74 Å². The number of hydrogen-bond acceptors (Lipinski definition) is 2. The predicted octanol–water partition coefficient (Wildman–Crippen LogP) is 2.33. The van der Waals surface area contributed by atoms with Crippen LogP contribution < -0.4 is 0 Å². The molecule has 0 aliphatic heterocycles. The number of esters is 1. The van der Waals surface area contributed by atoms with E-state index in [9.17, 15) is 18.0 Å². The van der Waals surface area contributed by atoms with Crippen molar-refractivity contribution in [1.29, 1.82) is 0 Å². The highest BCUT2D eigenvalue weighted by molar-refractivity contribution is 6.39. The second kappa shape index (κ2) is 4.37. The van der Waals surface area contributed by atoms with E-state index in [0.29, 0.717) is 0 Å². The third kappa shape index (κ3) is 2.64. The molecule has 0 bridgehead atoms. The summed E-state index contributed by atoms with van der Waals surface area (Å²) in [6, 6.07) is 0. The Bertz CT molecular complexity index is 195. The van der Waals surface area contributed by atoms with Gasteiger partial charge in [-0.25, -0.2) is 4.79 Å². The number of alkyl halides is 5. The van der Waals surface area contributed by atoms with Gasteiger partial charge in [-0.15, -0.1) is 11.6 Å². The maximum atomic E-state index is 12.2. The van der Waals surface area contributed by atoms with Crippen molar-refractivity contribution in [2.45, 2.75) is 18.0 Å². The minimum atomic E-state index is -4.91. The molecule has 0 aromatic rings. The molecule has 0 radical (unpaired) electrons. The zero-order valence-electron chi connectivity index (χ0n) is 6.62. The van der Waals surface area contributed by atoms with E-state index in [1.54, 1.807) is 0 Å². The molecule has 0 heterocycles. The molecule has 0 aromatic carbocycles. The van der Waals surface area contributed by atoms with Crippen LogP contribution in [0, 0.1) is 0 Å². The lowest BCUT2D eigenvalue weighted by Gasteiger charge is -2.24. The topological polar surface area (TPSA) is 26.3 Å². The monoisotopic (exact) mass is 238 g/mol. The minimum Gasteiger partial charge on any atom is -0.464 e. The molecule has 1 atom stereocenters. The fourth-order valence-corrected chi connectivity index (χ4v) is 0.807. The zero-order valence-corrected chi connectivity index (χ0v) is 8.13. The van der Waals surface area contributed by atoms with Crippen molar-refractivity contribution in [2.24, 2.45) is 0 Å². The molecule has 1 unspecified atom stereocenters. The molecule has 0 N–H and O–H groups in total. The summed E-state index contributed by atoms with van der Waals surface area (Å²) < 4.78 is 40.6. The van der Waals surface area contributed by atoms with Crippen LogP contribution in [0.5, 0.6) is 0 Å². The van der Waals surface area contributed by atoms with Crippen LogP contribution in [0.4, 0.5) is 13.2 Å². The van der Waals surface area contributed by atoms with Crippen molar-refractivity contribution in [2.75, 3.05) is 12.5 Å². The van der Waals surface area contributed by atoms with E-state index in [1.807, 2.05) is 0 Å². The van der Waals surface area contributed by atoms with E-state index < -0.39 is 22.9 Å². The summed E-state index contributed by atoms with van der Waals surface area (Å²) in [6.45, 7) is 1.19. The van der Waals surface area contributed by atoms with E-state index in [-0.39, 0.29) is 6.61 Å². The van der Waals surface area contributed by atoms with Gasteiger partial charge in [0, 0.05) is 0 Å². The standard InChI is InChI=1S/C6H7Cl2F3O2/c1-2-13-4(12)5(8,3-7)6(9,10)11/h2-3H2,1H3. The van der Waals surface area contributed by atoms with Gasteiger partial charge in [-0.05, 0) is 6.92 Å². The Balaban J connectivity index is 4.73. The highest BCUT2D eigenvalue weighted by Crippen LogP contribution is 2.38. The van der Waals surface area contributed by atoms with Crippen molar-refractivity contribution in [3.05, 3.63) is 0 Å². The minimum absolute atomic E-state index is 0.180. The maximum absolute atomic E-state index is 12.2. The molecule has 0 aliphatic rings. The first-order valence-electron chi connectivity index (χ1n) is 3.28. The Morgan fingerprint density at radius 1 is 1.46 bits per heavy atom. The van der Waals surface area contributed by atoms with Gasteiger partial charge in [-0.1, -0.05) is 11.6 Å². The highest BCUT2D eigenvalue weighted by Gasteiger charge is 2.60. The average Bonchev–Trinajstić information content (AvgIpc) is 2.01. The van der Waals surface area contributed by atoms with E-state index in [4.69, 9.17) is 23.2 Å². The second-order valence-corrected chi connectivity index (χ2v) is 3.07.